The number of benzene rings is 1. The average Bonchev–Trinajstić information content (AvgIpc) is 2.36. The van der Waals surface area contributed by atoms with Gasteiger partial charge in [-0.25, -0.2) is 0 Å². The van der Waals surface area contributed by atoms with Gasteiger partial charge >= 0.3 is 0 Å². The maximum absolute atomic E-state index is 12.1. The van der Waals surface area contributed by atoms with Crippen LogP contribution in [-0.4, -0.2) is 35.3 Å². The minimum atomic E-state index is -0.455. The topological polar surface area (TPSA) is 81.6 Å². The number of carbonyl (C=O) groups excluding carboxylic acids is 1. The van der Waals surface area contributed by atoms with Gasteiger partial charge in [0.15, 0.2) is 0 Å². The Balaban J connectivity index is 2.02. The Morgan fingerprint density at radius 1 is 1.40 bits per heavy atom. The molecule has 1 atom stereocenters. The third-order valence-electron chi connectivity index (χ3n) is 4.05. The van der Waals surface area contributed by atoms with Gasteiger partial charge in [-0.15, -0.1) is 0 Å². The Hall–Kier alpha value is -1.75. The second kappa shape index (κ2) is 5.71. The number of piperidine rings is 1. The van der Waals surface area contributed by atoms with Crippen LogP contribution in [0, 0.1) is 5.41 Å². The van der Waals surface area contributed by atoms with Crippen molar-refractivity contribution in [1.82, 2.24) is 10.6 Å². The van der Waals surface area contributed by atoms with Crippen molar-refractivity contribution in [3.8, 4) is 11.5 Å². The van der Waals surface area contributed by atoms with E-state index in [-0.39, 0.29) is 28.5 Å². The summed E-state index contributed by atoms with van der Waals surface area (Å²) in [7, 11) is 0. The summed E-state index contributed by atoms with van der Waals surface area (Å²) in [6.07, 6.45) is 2.25. The summed E-state index contributed by atoms with van der Waals surface area (Å²) < 4.78 is 0. The summed E-state index contributed by atoms with van der Waals surface area (Å²) in [5.74, 6) is -0.875. The van der Waals surface area contributed by atoms with E-state index in [4.69, 9.17) is 0 Å². The first-order chi connectivity index (χ1) is 9.42. The highest BCUT2D eigenvalue weighted by Crippen LogP contribution is 2.30. The van der Waals surface area contributed by atoms with Gasteiger partial charge in [0.2, 0.25) is 0 Å². The van der Waals surface area contributed by atoms with E-state index in [1.807, 2.05) is 0 Å². The van der Waals surface area contributed by atoms with Gasteiger partial charge in [-0.1, -0.05) is 19.9 Å². The fourth-order valence-electron chi connectivity index (χ4n) is 2.66. The Bertz CT molecular complexity index is 480. The van der Waals surface area contributed by atoms with Crippen molar-refractivity contribution in [2.24, 2.45) is 5.41 Å². The Kier molecular flexibility index (Phi) is 4.18. The van der Waals surface area contributed by atoms with Crippen LogP contribution in [0.2, 0.25) is 0 Å². The van der Waals surface area contributed by atoms with Crippen LogP contribution in [0.3, 0.4) is 0 Å². The highest BCUT2D eigenvalue weighted by molar-refractivity contribution is 5.99. The zero-order chi connectivity index (χ0) is 14.8. The van der Waals surface area contributed by atoms with Crippen LogP contribution in [0.25, 0.3) is 0 Å². The normalized spacial score (nSPS) is 21.4. The van der Waals surface area contributed by atoms with Crippen molar-refractivity contribution >= 4 is 5.91 Å². The number of nitrogens with one attached hydrogen (secondary N) is 2. The molecule has 2 rings (SSSR count). The van der Waals surface area contributed by atoms with Crippen LogP contribution >= 0.6 is 0 Å². The second-order valence-electron chi connectivity index (χ2n) is 5.98. The maximum atomic E-state index is 12.1. The predicted molar refractivity (Wildman–Crippen MR) is 76.9 cm³/mol. The monoisotopic (exact) mass is 278 g/mol. The van der Waals surface area contributed by atoms with Gasteiger partial charge in [0.25, 0.3) is 5.91 Å². The average molecular weight is 278 g/mol. The number of phenols is 2. The minimum absolute atomic E-state index is 0.0684. The molecule has 1 unspecified atom stereocenters. The molecule has 1 heterocycles. The van der Waals surface area contributed by atoms with Gasteiger partial charge in [0, 0.05) is 12.6 Å². The molecule has 0 radical (unpaired) electrons. The number of rotatable bonds is 3. The third kappa shape index (κ3) is 3.04. The molecular weight excluding hydrogens is 256 g/mol. The molecule has 0 aliphatic carbocycles. The predicted octanol–water partition coefficient (Wildman–Crippen LogP) is 1.61. The molecule has 20 heavy (non-hydrogen) atoms. The van der Waals surface area contributed by atoms with Crippen molar-refractivity contribution in [3.05, 3.63) is 23.8 Å². The van der Waals surface area contributed by atoms with Crippen LogP contribution in [-0.2, 0) is 0 Å². The lowest BCUT2D eigenvalue weighted by atomic mass is 9.77. The van der Waals surface area contributed by atoms with E-state index in [9.17, 15) is 15.0 Å². The molecule has 5 nitrogen and oxygen atoms in total. The highest BCUT2D eigenvalue weighted by atomic mass is 16.3. The maximum Gasteiger partial charge on any atom is 0.258 e. The van der Waals surface area contributed by atoms with Crippen LogP contribution < -0.4 is 10.6 Å². The van der Waals surface area contributed by atoms with E-state index in [0.717, 1.165) is 19.4 Å². The van der Waals surface area contributed by atoms with Gasteiger partial charge in [0.1, 0.15) is 17.1 Å². The molecule has 1 aromatic rings. The van der Waals surface area contributed by atoms with Crippen LogP contribution in [0.5, 0.6) is 11.5 Å². The molecule has 110 valence electrons. The van der Waals surface area contributed by atoms with Gasteiger partial charge < -0.3 is 20.8 Å². The number of hydrogen-bond acceptors (Lipinski definition) is 4. The van der Waals surface area contributed by atoms with E-state index in [1.165, 1.54) is 18.2 Å². The molecule has 0 spiro atoms. The second-order valence-corrected chi connectivity index (χ2v) is 5.98. The molecule has 1 aliphatic rings. The van der Waals surface area contributed by atoms with E-state index < -0.39 is 5.91 Å². The van der Waals surface area contributed by atoms with Gasteiger partial charge in [-0.3, -0.25) is 4.79 Å². The van der Waals surface area contributed by atoms with Crippen LogP contribution in [0.1, 0.15) is 37.0 Å². The molecule has 4 N–H and O–H groups in total. The summed E-state index contributed by atoms with van der Waals surface area (Å²) >= 11 is 0. The zero-order valence-corrected chi connectivity index (χ0v) is 11.9. The molecule has 1 amide bonds. The lowest BCUT2D eigenvalue weighted by molar-refractivity contribution is 0.0923. The fourth-order valence-corrected chi connectivity index (χ4v) is 2.66. The first-order valence-corrected chi connectivity index (χ1v) is 6.94. The van der Waals surface area contributed by atoms with E-state index in [2.05, 4.69) is 24.5 Å². The van der Waals surface area contributed by atoms with Crippen molar-refractivity contribution in [2.45, 2.75) is 32.7 Å². The van der Waals surface area contributed by atoms with Gasteiger partial charge in [-0.2, -0.15) is 0 Å². The first-order valence-electron chi connectivity index (χ1n) is 6.94. The number of carbonyl (C=O) groups is 1. The molecule has 0 aromatic heterocycles. The van der Waals surface area contributed by atoms with Crippen LogP contribution in [0.4, 0.5) is 0 Å². The first kappa shape index (κ1) is 14.7. The Morgan fingerprint density at radius 3 is 2.65 bits per heavy atom. The summed E-state index contributed by atoms with van der Waals surface area (Å²) in [6.45, 7) is 5.77. The summed E-state index contributed by atoms with van der Waals surface area (Å²) in [6, 6.07) is 4.45. The molecule has 1 aromatic carbocycles. The molecule has 1 fully saturated rings. The van der Waals surface area contributed by atoms with E-state index in [0.29, 0.717) is 6.54 Å². The fraction of sp³-hybridized carbons (Fsp3) is 0.533. The van der Waals surface area contributed by atoms with Gasteiger partial charge in [0.05, 0.1) is 0 Å². The Labute approximate surface area is 119 Å². The smallest absolute Gasteiger partial charge is 0.258 e. The molecule has 1 aliphatic heterocycles. The van der Waals surface area contributed by atoms with E-state index >= 15 is 0 Å². The number of phenolic OH excluding ortho intramolecular Hbond substituents is 2. The molecule has 0 saturated carbocycles. The van der Waals surface area contributed by atoms with Crippen molar-refractivity contribution in [2.75, 3.05) is 13.1 Å². The molecule has 5 heteroatoms. The zero-order valence-electron chi connectivity index (χ0n) is 11.9. The number of hydrogen-bond donors (Lipinski definition) is 4. The summed E-state index contributed by atoms with van der Waals surface area (Å²) in [5, 5.41) is 25.5. The molecular formula is C15H22N2O3. The largest absolute Gasteiger partial charge is 0.507 e. The van der Waals surface area contributed by atoms with Crippen molar-refractivity contribution < 1.29 is 15.0 Å². The van der Waals surface area contributed by atoms with Gasteiger partial charge in [-0.05, 0) is 36.9 Å². The number of amides is 1. The summed E-state index contributed by atoms with van der Waals surface area (Å²) in [4.78, 5) is 12.1. The third-order valence-corrected chi connectivity index (χ3v) is 4.05. The lowest BCUT2D eigenvalue weighted by Gasteiger charge is -2.39. The lowest BCUT2D eigenvalue weighted by Crippen LogP contribution is -2.52. The van der Waals surface area contributed by atoms with Crippen LogP contribution in [0.15, 0.2) is 18.2 Å². The minimum Gasteiger partial charge on any atom is -0.507 e. The highest BCUT2D eigenvalue weighted by Gasteiger charge is 2.32. The standard InChI is InChI=1S/C15H22N2O3/c1-15(2)7-4-8-16-12(15)9-17-14(20)13-10(18)5-3-6-11(13)19/h3,5-6,12,16,18-19H,4,7-9H2,1-2H3,(H,17,20). The SMILES string of the molecule is CC1(C)CCCNC1CNC(=O)c1c(O)cccc1O. The quantitative estimate of drug-likeness (QED) is 0.677. The van der Waals surface area contributed by atoms with E-state index in [1.54, 1.807) is 0 Å². The molecule has 0 bridgehead atoms. The van der Waals surface area contributed by atoms with Crippen molar-refractivity contribution in [3.63, 3.8) is 0 Å². The molecule has 1 saturated heterocycles. The summed E-state index contributed by atoms with van der Waals surface area (Å²) in [5.41, 5.74) is 0.0490. The Morgan fingerprint density at radius 2 is 2.05 bits per heavy atom. The van der Waals surface area contributed by atoms with Crippen molar-refractivity contribution in [1.29, 1.82) is 0 Å². The number of aromatic hydroxyl groups is 2.